The van der Waals surface area contributed by atoms with E-state index in [0.29, 0.717) is 30.1 Å². The van der Waals surface area contributed by atoms with Gasteiger partial charge in [-0.2, -0.15) is 11.8 Å². The van der Waals surface area contributed by atoms with Crippen LogP contribution in [0.4, 0.5) is 0 Å². The Morgan fingerprint density at radius 1 is 0.971 bits per heavy atom. The molecular weight excluding hydrogens is 442 g/mol. The van der Waals surface area contributed by atoms with Crippen LogP contribution in [0.15, 0.2) is 11.6 Å². The monoisotopic (exact) mass is 507 g/mol. The first-order chi connectivity index (χ1) is 16.2. The lowest BCUT2D eigenvalue weighted by molar-refractivity contribution is -0.141. The Morgan fingerprint density at radius 2 is 1.44 bits per heavy atom. The Bertz CT molecular complexity index is 399. The van der Waals surface area contributed by atoms with Gasteiger partial charge in [-0.3, -0.25) is 4.79 Å². The normalized spacial score (nSPS) is 12.8. The van der Waals surface area contributed by atoms with Gasteiger partial charge in [0.25, 0.3) is 0 Å². The van der Waals surface area contributed by atoms with Gasteiger partial charge in [0, 0.05) is 18.2 Å². The Labute approximate surface area is 220 Å². The first-order valence-corrected chi connectivity index (χ1v) is 15.0. The molecule has 4 nitrogen and oxygen atoms in total. The highest BCUT2D eigenvalue weighted by Crippen LogP contribution is 2.22. The maximum atomic E-state index is 11.1. The molecule has 0 aromatic carbocycles. The summed E-state index contributed by atoms with van der Waals surface area (Å²) in [6.45, 7) is 25.5. The van der Waals surface area contributed by atoms with Crippen molar-refractivity contribution >= 4 is 17.7 Å². The summed E-state index contributed by atoms with van der Waals surface area (Å²) in [5.41, 5.74) is 6.37. The Balaban J connectivity index is -0.000000132. The number of aliphatic hydroxyl groups excluding tert-OH is 1. The summed E-state index contributed by atoms with van der Waals surface area (Å²) in [6.07, 6.45) is 8.87. The van der Waals surface area contributed by atoms with Crippen LogP contribution in [-0.2, 0) is 9.53 Å². The summed E-state index contributed by atoms with van der Waals surface area (Å²) in [5.74, 6) is 1.98. The second-order valence-electron chi connectivity index (χ2n) is 7.81. The minimum absolute atomic E-state index is 0.0716. The molecule has 0 amide bonds. The fourth-order valence-corrected chi connectivity index (χ4v) is 3.89. The lowest BCUT2D eigenvalue weighted by Gasteiger charge is -2.20. The van der Waals surface area contributed by atoms with Crippen molar-refractivity contribution in [3.8, 4) is 0 Å². The van der Waals surface area contributed by atoms with Gasteiger partial charge in [-0.25, -0.2) is 0 Å². The number of carbonyl (C=O) groups is 1. The summed E-state index contributed by atoms with van der Waals surface area (Å²) in [7, 11) is 1.46. The van der Waals surface area contributed by atoms with Crippen LogP contribution >= 0.6 is 11.8 Å². The summed E-state index contributed by atoms with van der Waals surface area (Å²) in [4.78, 5) is 11.1. The van der Waals surface area contributed by atoms with E-state index in [-0.39, 0.29) is 12.1 Å². The number of methoxy groups -OCH3 is 1. The van der Waals surface area contributed by atoms with E-state index in [1.165, 1.54) is 25.7 Å². The standard InChI is InChI=1S/C12H24O2S.C10H21NO.C3H8.2C2H6/c1-5-11(9-12(13)14-4)8-7-10(3)15-6-2;1-4-9(5-2)10(12)8(3)6-7-11;1-3-2;2*1-2/h10-11H,5-9H2,1-4H3;6,9-10,12H,4-5,7,11H2,1-3H3;3H2,1-2H3;2*1-2H3/b;8-6+;;;. The number of carbonyl (C=O) groups excluding carboxylic acids is 1. The molecule has 210 valence electrons. The summed E-state index contributed by atoms with van der Waals surface area (Å²) >= 11 is 1.99. The van der Waals surface area contributed by atoms with Gasteiger partial charge in [0.15, 0.2) is 0 Å². The molecule has 5 heteroatoms. The number of hydrogen-bond acceptors (Lipinski definition) is 5. The van der Waals surface area contributed by atoms with Gasteiger partial charge in [0.2, 0.25) is 0 Å². The molecule has 0 saturated carbocycles. The molecule has 0 aliphatic heterocycles. The van der Waals surface area contributed by atoms with E-state index in [9.17, 15) is 9.90 Å². The molecule has 0 radical (unpaired) electrons. The summed E-state index contributed by atoms with van der Waals surface area (Å²) in [5, 5.41) is 10.5. The van der Waals surface area contributed by atoms with E-state index >= 15 is 0 Å². The number of ether oxygens (including phenoxy) is 1. The second kappa shape index (κ2) is 37.0. The minimum atomic E-state index is -0.302. The molecule has 0 aromatic heterocycles. The lowest BCUT2D eigenvalue weighted by Crippen LogP contribution is -2.21. The third-order valence-corrected chi connectivity index (χ3v) is 6.23. The molecule has 0 saturated heterocycles. The van der Waals surface area contributed by atoms with Crippen molar-refractivity contribution in [2.45, 2.75) is 139 Å². The minimum Gasteiger partial charge on any atom is -0.469 e. The van der Waals surface area contributed by atoms with E-state index in [1.54, 1.807) is 0 Å². The molecule has 34 heavy (non-hydrogen) atoms. The summed E-state index contributed by atoms with van der Waals surface area (Å²) in [6, 6.07) is 0. The maximum Gasteiger partial charge on any atom is 0.305 e. The van der Waals surface area contributed by atoms with Crippen LogP contribution in [0.1, 0.15) is 128 Å². The van der Waals surface area contributed by atoms with E-state index in [2.05, 4.69) is 48.5 Å². The number of rotatable bonds is 13. The van der Waals surface area contributed by atoms with Crippen molar-refractivity contribution in [3.05, 3.63) is 11.6 Å². The zero-order valence-corrected chi connectivity index (χ0v) is 26.3. The molecule has 0 rings (SSSR count). The highest BCUT2D eigenvalue weighted by atomic mass is 32.2. The van der Waals surface area contributed by atoms with Gasteiger partial charge in [0.1, 0.15) is 0 Å². The topological polar surface area (TPSA) is 72.5 Å². The second-order valence-corrected chi connectivity index (χ2v) is 9.53. The maximum absolute atomic E-state index is 11.1. The fraction of sp³-hybridized carbons (Fsp3) is 0.897. The SMILES string of the molecule is CC.CC.CCC.CCC(CC)C(O)/C(C)=C/CN.CCSC(C)CCC(CC)CC(=O)OC. The molecule has 3 N–H and O–H groups in total. The van der Waals surface area contributed by atoms with Gasteiger partial charge < -0.3 is 15.6 Å². The van der Waals surface area contributed by atoms with E-state index in [1.807, 2.05) is 52.5 Å². The van der Waals surface area contributed by atoms with Crippen molar-refractivity contribution in [2.75, 3.05) is 19.4 Å². The largest absolute Gasteiger partial charge is 0.469 e. The molecule has 0 aliphatic rings. The highest BCUT2D eigenvalue weighted by molar-refractivity contribution is 7.99. The third-order valence-electron chi connectivity index (χ3n) is 5.09. The number of thioether (sulfide) groups is 1. The molecular formula is C29H65NO3S. The van der Waals surface area contributed by atoms with Crippen LogP contribution in [0.5, 0.6) is 0 Å². The van der Waals surface area contributed by atoms with Crippen molar-refractivity contribution in [1.29, 1.82) is 0 Å². The molecule has 0 spiro atoms. The van der Waals surface area contributed by atoms with Crippen molar-refractivity contribution < 1.29 is 14.6 Å². The Kier molecular flexibility index (Phi) is 47.4. The van der Waals surface area contributed by atoms with Gasteiger partial charge >= 0.3 is 5.97 Å². The molecule has 3 atom stereocenters. The molecule has 0 aliphatic carbocycles. The highest BCUT2D eigenvalue weighted by Gasteiger charge is 2.16. The zero-order chi connectivity index (χ0) is 27.9. The van der Waals surface area contributed by atoms with Crippen LogP contribution < -0.4 is 5.73 Å². The predicted molar refractivity (Wildman–Crippen MR) is 159 cm³/mol. The van der Waals surface area contributed by atoms with Gasteiger partial charge in [0.05, 0.1) is 13.2 Å². The van der Waals surface area contributed by atoms with Crippen LogP contribution in [0.3, 0.4) is 0 Å². The van der Waals surface area contributed by atoms with Crippen LogP contribution in [0, 0.1) is 11.8 Å². The number of hydrogen-bond donors (Lipinski definition) is 2. The van der Waals surface area contributed by atoms with Crippen molar-refractivity contribution in [2.24, 2.45) is 17.6 Å². The average molecular weight is 508 g/mol. The zero-order valence-electron chi connectivity index (χ0n) is 25.5. The van der Waals surface area contributed by atoms with Gasteiger partial charge in [-0.05, 0) is 42.9 Å². The van der Waals surface area contributed by atoms with Crippen LogP contribution in [0.2, 0.25) is 0 Å². The molecule has 3 unspecified atom stereocenters. The van der Waals surface area contributed by atoms with E-state index in [4.69, 9.17) is 10.5 Å². The van der Waals surface area contributed by atoms with Crippen molar-refractivity contribution in [1.82, 2.24) is 0 Å². The number of aliphatic hydroxyl groups is 1. The molecule has 0 heterocycles. The Morgan fingerprint density at radius 3 is 1.76 bits per heavy atom. The average Bonchev–Trinajstić information content (AvgIpc) is 2.86. The predicted octanol–water partition coefficient (Wildman–Crippen LogP) is 8.65. The van der Waals surface area contributed by atoms with Crippen LogP contribution in [-0.4, -0.2) is 41.8 Å². The fourth-order valence-electron chi connectivity index (χ4n) is 3.02. The third kappa shape index (κ3) is 31.5. The Hall–Kier alpha value is -0.520. The first kappa shape index (κ1) is 43.5. The quantitative estimate of drug-likeness (QED) is 0.193. The molecule has 0 fully saturated rings. The van der Waals surface area contributed by atoms with Gasteiger partial charge in [-0.15, -0.1) is 0 Å². The summed E-state index contributed by atoms with van der Waals surface area (Å²) < 4.78 is 4.69. The number of nitrogens with two attached hydrogens (primary N) is 1. The van der Waals surface area contributed by atoms with E-state index in [0.717, 1.165) is 31.3 Å². The van der Waals surface area contributed by atoms with Crippen molar-refractivity contribution in [3.63, 3.8) is 0 Å². The lowest BCUT2D eigenvalue weighted by atomic mass is 9.92. The smallest absolute Gasteiger partial charge is 0.305 e. The molecule has 0 aromatic rings. The molecule has 0 bridgehead atoms. The first-order valence-electron chi connectivity index (χ1n) is 13.9. The van der Waals surface area contributed by atoms with E-state index < -0.39 is 0 Å². The van der Waals surface area contributed by atoms with Gasteiger partial charge in [-0.1, -0.05) is 108 Å². The number of esters is 1. The van der Waals surface area contributed by atoms with Crippen LogP contribution in [0.25, 0.3) is 0 Å².